The van der Waals surface area contributed by atoms with Crippen LogP contribution in [0.1, 0.15) is 33.6 Å². The number of allylic oxidation sites excluding steroid dienone is 3. The Morgan fingerprint density at radius 1 is 1.44 bits per heavy atom. The van der Waals surface area contributed by atoms with Crippen molar-refractivity contribution in [3.8, 4) is 0 Å². The lowest BCUT2D eigenvalue weighted by Gasteiger charge is -2.12. The molecule has 0 aromatic heterocycles. The van der Waals surface area contributed by atoms with Gasteiger partial charge in [0, 0.05) is 5.70 Å². The SMILES string of the molecule is C=C(CCC)C(=C/C(C)F)/C(N)=C\C(C)Cl. The molecule has 2 atom stereocenters. The highest BCUT2D eigenvalue weighted by molar-refractivity contribution is 6.21. The predicted molar refractivity (Wildman–Crippen MR) is 70.3 cm³/mol. The third kappa shape index (κ3) is 5.96. The summed E-state index contributed by atoms with van der Waals surface area (Å²) in [5, 5.41) is -0.173. The highest BCUT2D eigenvalue weighted by Gasteiger charge is 2.08. The van der Waals surface area contributed by atoms with Gasteiger partial charge in [-0.25, -0.2) is 4.39 Å². The number of alkyl halides is 2. The van der Waals surface area contributed by atoms with Crippen LogP contribution in [0.3, 0.4) is 0 Å². The van der Waals surface area contributed by atoms with Crippen LogP contribution in [-0.2, 0) is 0 Å². The van der Waals surface area contributed by atoms with Gasteiger partial charge in [0.15, 0.2) is 0 Å². The van der Waals surface area contributed by atoms with Crippen molar-refractivity contribution in [3.63, 3.8) is 0 Å². The van der Waals surface area contributed by atoms with E-state index in [0.717, 1.165) is 18.4 Å². The van der Waals surface area contributed by atoms with E-state index in [0.29, 0.717) is 11.3 Å². The van der Waals surface area contributed by atoms with Gasteiger partial charge < -0.3 is 5.73 Å². The molecule has 0 radical (unpaired) electrons. The number of hydrogen-bond donors (Lipinski definition) is 1. The zero-order valence-corrected chi connectivity index (χ0v) is 11.0. The molecule has 0 saturated heterocycles. The molecule has 0 bridgehead atoms. The van der Waals surface area contributed by atoms with Crippen LogP contribution in [0.5, 0.6) is 0 Å². The first-order valence-electron chi connectivity index (χ1n) is 5.54. The summed E-state index contributed by atoms with van der Waals surface area (Å²) in [4.78, 5) is 0. The Morgan fingerprint density at radius 2 is 2.00 bits per heavy atom. The molecule has 0 fully saturated rings. The minimum Gasteiger partial charge on any atom is -0.398 e. The van der Waals surface area contributed by atoms with Crippen molar-refractivity contribution in [1.29, 1.82) is 0 Å². The number of rotatable bonds is 6. The number of halogens is 2. The lowest BCUT2D eigenvalue weighted by molar-refractivity contribution is 0.429. The van der Waals surface area contributed by atoms with Gasteiger partial charge in [-0.2, -0.15) is 0 Å². The quantitative estimate of drug-likeness (QED) is 0.553. The van der Waals surface area contributed by atoms with Crippen LogP contribution in [0.15, 0.2) is 35.6 Å². The maximum atomic E-state index is 13.0. The number of hydrogen-bond acceptors (Lipinski definition) is 1. The molecule has 0 aliphatic rings. The van der Waals surface area contributed by atoms with Gasteiger partial charge in [0.2, 0.25) is 0 Å². The van der Waals surface area contributed by atoms with Crippen molar-refractivity contribution >= 4 is 11.6 Å². The summed E-state index contributed by atoms with van der Waals surface area (Å²) in [6, 6.07) is 0. The predicted octanol–water partition coefficient (Wildman–Crippen LogP) is 4.10. The third-order valence-corrected chi connectivity index (χ3v) is 2.18. The molecule has 0 heterocycles. The monoisotopic (exact) mass is 245 g/mol. The standard InChI is InChI=1S/C13H21ClFN/c1-5-6-9(2)12(8-11(4)15)13(16)7-10(3)14/h7-8,10-11H,2,5-6,16H2,1,3-4H3/b12-8-,13-7+. The largest absolute Gasteiger partial charge is 0.398 e. The van der Waals surface area contributed by atoms with Crippen molar-refractivity contribution in [2.45, 2.75) is 45.2 Å². The molecule has 0 saturated carbocycles. The second kappa shape index (κ2) is 7.50. The van der Waals surface area contributed by atoms with Crippen LogP contribution in [0, 0.1) is 0 Å². The van der Waals surface area contributed by atoms with Crippen LogP contribution in [0.2, 0.25) is 0 Å². The Bertz CT molecular complexity index is 290. The van der Waals surface area contributed by atoms with E-state index in [9.17, 15) is 4.39 Å². The molecule has 0 aromatic carbocycles. The average molecular weight is 246 g/mol. The fourth-order valence-corrected chi connectivity index (χ4v) is 1.56. The van der Waals surface area contributed by atoms with E-state index >= 15 is 0 Å². The highest BCUT2D eigenvalue weighted by atomic mass is 35.5. The summed E-state index contributed by atoms with van der Waals surface area (Å²) in [6.07, 6.45) is 3.92. The second-order valence-corrected chi connectivity index (χ2v) is 4.60. The summed E-state index contributed by atoms with van der Waals surface area (Å²) >= 11 is 5.83. The van der Waals surface area contributed by atoms with Gasteiger partial charge in [-0.3, -0.25) is 0 Å². The smallest absolute Gasteiger partial charge is 0.116 e. The van der Waals surface area contributed by atoms with Gasteiger partial charge in [-0.1, -0.05) is 19.9 Å². The molecule has 3 heteroatoms. The maximum Gasteiger partial charge on any atom is 0.116 e. The molecule has 0 rings (SSSR count). The van der Waals surface area contributed by atoms with Crippen LogP contribution in [0.4, 0.5) is 4.39 Å². The molecular weight excluding hydrogens is 225 g/mol. The van der Waals surface area contributed by atoms with E-state index in [-0.39, 0.29) is 5.38 Å². The zero-order chi connectivity index (χ0) is 12.7. The third-order valence-electron chi connectivity index (χ3n) is 2.05. The van der Waals surface area contributed by atoms with E-state index in [4.69, 9.17) is 17.3 Å². The van der Waals surface area contributed by atoms with Crippen LogP contribution in [0.25, 0.3) is 0 Å². The Kier molecular flexibility index (Phi) is 7.15. The fraction of sp³-hybridized carbons (Fsp3) is 0.538. The molecule has 2 unspecified atom stereocenters. The summed E-state index contributed by atoms with van der Waals surface area (Å²) in [6.45, 7) is 9.26. The van der Waals surface area contributed by atoms with Gasteiger partial charge in [0.1, 0.15) is 6.17 Å². The lowest BCUT2D eigenvalue weighted by atomic mass is 9.98. The molecule has 0 spiro atoms. The molecule has 92 valence electrons. The molecule has 0 aliphatic carbocycles. The molecular formula is C13H21ClFN. The first-order valence-corrected chi connectivity index (χ1v) is 5.97. The maximum absolute atomic E-state index is 13.0. The summed E-state index contributed by atoms with van der Waals surface area (Å²) in [7, 11) is 0. The van der Waals surface area contributed by atoms with Gasteiger partial charge in [0.25, 0.3) is 0 Å². The highest BCUT2D eigenvalue weighted by Crippen LogP contribution is 2.21. The van der Waals surface area contributed by atoms with E-state index in [1.54, 1.807) is 6.08 Å². The van der Waals surface area contributed by atoms with Gasteiger partial charge >= 0.3 is 0 Å². The van der Waals surface area contributed by atoms with E-state index in [2.05, 4.69) is 6.58 Å². The zero-order valence-electron chi connectivity index (χ0n) is 10.3. The molecule has 0 amide bonds. The molecule has 1 nitrogen and oxygen atoms in total. The van der Waals surface area contributed by atoms with E-state index in [1.807, 2.05) is 13.8 Å². The number of nitrogens with two attached hydrogens (primary N) is 1. The van der Waals surface area contributed by atoms with Crippen LogP contribution < -0.4 is 5.73 Å². The molecule has 16 heavy (non-hydrogen) atoms. The van der Waals surface area contributed by atoms with E-state index < -0.39 is 6.17 Å². The molecule has 0 aliphatic heterocycles. The van der Waals surface area contributed by atoms with Crippen molar-refractivity contribution in [2.24, 2.45) is 5.73 Å². The normalized spacial score (nSPS) is 17.1. The molecule has 0 aromatic rings. The average Bonchev–Trinajstić information content (AvgIpc) is 2.12. The summed E-state index contributed by atoms with van der Waals surface area (Å²) < 4.78 is 13.0. The topological polar surface area (TPSA) is 26.0 Å². The minimum atomic E-state index is -1.04. The Balaban J connectivity index is 5.03. The summed E-state index contributed by atoms with van der Waals surface area (Å²) in [5.41, 5.74) is 7.93. The van der Waals surface area contributed by atoms with Gasteiger partial charge in [0.05, 0.1) is 5.38 Å². The van der Waals surface area contributed by atoms with Crippen molar-refractivity contribution < 1.29 is 4.39 Å². The van der Waals surface area contributed by atoms with Gasteiger partial charge in [-0.05, 0) is 43.6 Å². The Morgan fingerprint density at radius 3 is 2.38 bits per heavy atom. The van der Waals surface area contributed by atoms with Crippen LogP contribution >= 0.6 is 11.6 Å². The Labute approximate surface area is 103 Å². The lowest BCUT2D eigenvalue weighted by Crippen LogP contribution is -2.07. The van der Waals surface area contributed by atoms with Crippen molar-refractivity contribution in [1.82, 2.24) is 0 Å². The molecule has 2 N–H and O–H groups in total. The van der Waals surface area contributed by atoms with Crippen molar-refractivity contribution in [3.05, 3.63) is 35.6 Å². The first kappa shape index (κ1) is 15.2. The minimum absolute atomic E-state index is 0.173. The van der Waals surface area contributed by atoms with Crippen molar-refractivity contribution in [2.75, 3.05) is 0 Å². The first-order chi connectivity index (χ1) is 7.38. The summed E-state index contributed by atoms with van der Waals surface area (Å²) in [5.74, 6) is 0. The Hall–Kier alpha value is -0.760. The van der Waals surface area contributed by atoms with Gasteiger partial charge in [-0.15, -0.1) is 11.6 Å². The second-order valence-electron chi connectivity index (χ2n) is 3.91. The van der Waals surface area contributed by atoms with Crippen LogP contribution in [-0.4, -0.2) is 11.5 Å². The van der Waals surface area contributed by atoms with E-state index in [1.165, 1.54) is 13.0 Å². The fourth-order valence-electron chi connectivity index (χ4n) is 1.42.